The molecule has 2 amide bonds. The second kappa shape index (κ2) is 31.2. The number of carbonyl (C=O) groups is 7. The van der Waals surface area contributed by atoms with E-state index in [4.69, 9.17) is 34.6 Å². The minimum absolute atomic E-state index is 0. The topological polar surface area (TPSA) is 275 Å². The highest BCUT2D eigenvalue weighted by Gasteiger charge is 2.31. The lowest BCUT2D eigenvalue weighted by Crippen LogP contribution is -2.29. The summed E-state index contributed by atoms with van der Waals surface area (Å²) in [4.78, 5) is 87.7. The molecule has 3 heterocycles. The number of carboxylic acids is 1. The van der Waals surface area contributed by atoms with Gasteiger partial charge in [0.15, 0.2) is 15.4 Å². The molecule has 0 aromatic carbocycles. The number of amides is 2. The number of halogens is 2. The molecule has 5 aliphatic rings. The molecular weight excluding hydrogens is 1160 g/mol. The molecule has 0 spiro atoms. The fourth-order valence-electron chi connectivity index (χ4n) is 5.15. The summed E-state index contributed by atoms with van der Waals surface area (Å²) in [6.45, 7) is 23.8. The lowest BCUT2D eigenvalue weighted by atomic mass is 10.2. The lowest BCUT2D eigenvalue weighted by Gasteiger charge is -2.20. The van der Waals surface area contributed by atoms with Crippen LogP contribution in [0.25, 0.3) is 0 Å². The second-order valence-corrected chi connectivity index (χ2v) is 26.4. The van der Waals surface area contributed by atoms with Crippen molar-refractivity contribution >= 4 is 123 Å². The van der Waals surface area contributed by atoms with Crippen LogP contribution in [0.1, 0.15) is 203 Å². The molecule has 0 unspecified atom stereocenters. The van der Waals surface area contributed by atoms with Crippen LogP contribution in [0.2, 0.25) is 0 Å². The van der Waals surface area contributed by atoms with E-state index >= 15 is 0 Å². The molecule has 0 aliphatic heterocycles. The maximum atomic E-state index is 11.6. The fraction of sp³-hybridized carbons (Fsp3) is 0.686. The number of hydrogen-bond donors (Lipinski definition) is 4. The Hall–Kier alpha value is -4.26. The van der Waals surface area contributed by atoms with Gasteiger partial charge in [-0.2, -0.15) is 0 Å². The molecule has 0 radical (unpaired) electrons. The van der Waals surface area contributed by atoms with Crippen LogP contribution in [0.3, 0.4) is 0 Å². The molecule has 0 bridgehead atoms. The van der Waals surface area contributed by atoms with Gasteiger partial charge in [0.25, 0.3) is 5.97 Å². The van der Waals surface area contributed by atoms with Gasteiger partial charge in [-0.25, -0.2) is 34.1 Å². The standard InChI is InChI=1S/C11H15BrN2O2S.C11H16N2O2S.C10H18O5.C6H8N2S.C5H7BrO.C5H8O.C2H4O2.CH4/c1-11(2,3)16-10(15)14-9-13-7(6-4-5-6)8(12)17-9;1-11(2,3)15-10(14)13-9-12-8(6-16-9)7-4-5-7;1-9(2,3)14-7(11)13-8(12)15-10(4,5)6;7-6-8-5(3-9-6)4-1-2-4;6-3-5(7)4-1-2-4;1-4(6)5-2-3-5;1-2(3)4;/h6H,4-5H2,1-3H3,(H,13,14,15);6-7H,4-5H2,1-3H3,(H,12,13,14);1-6H3;3-4H,1-2H2,(H2,7,8);4H,1-3H2;5H,2-3H2,1H3;1H3,(H,3,4);1H4. The van der Waals surface area contributed by atoms with Crippen LogP contribution in [-0.2, 0) is 38.1 Å². The smallest absolute Gasteiger partial charge is 0.481 e. The number of carboxylic acid groups (broad SMARTS) is 1. The van der Waals surface area contributed by atoms with Crippen LogP contribution in [0.5, 0.6) is 0 Å². The highest BCUT2D eigenvalue weighted by molar-refractivity contribution is 9.11. The number of nitrogen functional groups attached to an aromatic ring is 1. The van der Waals surface area contributed by atoms with Crippen molar-refractivity contribution in [1.82, 2.24) is 15.0 Å². The van der Waals surface area contributed by atoms with Crippen molar-refractivity contribution in [3.63, 3.8) is 0 Å². The zero-order valence-corrected chi connectivity index (χ0v) is 50.7. The van der Waals surface area contributed by atoms with E-state index in [1.165, 1.54) is 78.2 Å². The van der Waals surface area contributed by atoms with Gasteiger partial charge in [0.05, 0.1) is 26.2 Å². The summed E-state index contributed by atoms with van der Waals surface area (Å²) in [6.07, 6.45) is 8.97. The summed E-state index contributed by atoms with van der Waals surface area (Å²) < 4.78 is 25.1. The summed E-state index contributed by atoms with van der Waals surface area (Å²) in [5.74, 6) is 2.73. The molecule has 3 aromatic rings. The van der Waals surface area contributed by atoms with Crippen LogP contribution >= 0.6 is 65.9 Å². The molecule has 5 aliphatic carbocycles. The van der Waals surface area contributed by atoms with Crippen LogP contribution in [-0.4, -0.2) is 89.8 Å². The van der Waals surface area contributed by atoms with E-state index in [0.717, 1.165) is 53.7 Å². The van der Waals surface area contributed by atoms with E-state index in [0.29, 0.717) is 56.0 Å². The third kappa shape index (κ3) is 35.7. The summed E-state index contributed by atoms with van der Waals surface area (Å²) >= 11 is 11.0. The Morgan fingerprint density at radius 2 is 1.00 bits per heavy atom. The van der Waals surface area contributed by atoms with Gasteiger partial charge in [0.1, 0.15) is 34.0 Å². The molecule has 5 saturated carbocycles. The van der Waals surface area contributed by atoms with E-state index in [9.17, 15) is 28.8 Å². The van der Waals surface area contributed by atoms with E-state index in [1.807, 2.05) is 46.9 Å². The van der Waals surface area contributed by atoms with Gasteiger partial charge in [0.2, 0.25) is 0 Å². The number of aliphatic carboxylic acids is 1. The van der Waals surface area contributed by atoms with Gasteiger partial charge in [-0.3, -0.25) is 25.0 Å². The SMILES string of the molecule is C.CC(=O)C1CC1.CC(=O)O.CC(C)(C)OC(=O)Nc1nc(C2CC2)c(Br)s1.CC(C)(C)OC(=O)Nc1nc(C2CC2)cs1.CC(C)(C)OC(=O)OC(=O)OC(C)(C)C.Nc1nc(C2CC2)cs1.O=C(CBr)C1CC1. The maximum absolute atomic E-state index is 11.6. The average Bonchev–Trinajstić information content (AvgIpc) is 4.03. The largest absolute Gasteiger partial charge is 0.519 e. The van der Waals surface area contributed by atoms with Crippen LogP contribution in [0.15, 0.2) is 14.5 Å². The van der Waals surface area contributed by atoms with Crippen molar-refractivity contribution in [1.29, 1.82) is 0 Å². The Bertz CT molecular complexity index is 2280. The Labute approximate surface area is 471 Å². The Morgan fingerprint density at radius 1 is 0.613 bits per heavy atom. The molecule has 8 rings (SSSR count). The van der Waals surface area contributed by atoms with Gasteiger partial charge in [-0.05, 0) is 170 Å². The molecule has 5 N–H and O–H groups in total. The van der Waals surface area contributed by atoms with Gasteiger partial charge < -0.3 is 34.5 Å². The normalized spacial score (nSPS) is 15.4. The molecule has 5 fully saturated rings. The number of hydrogen-bond acceptors (Lipinski definition) is 19. The number of thiazole rings is 3. The minimum atomic E-state index is -1.06. The zero-order valence-electron chi connectivity index (χ0n) is 45.1. The fourth-order valence-corrected chi connectivity index (χ4v) is 8.67. The van der Waals surface area contributed by atoms with Gasteiger partial charge in [0, 0.05) is 47.3 Å². The van der Waals surface area contributed by atoms with Crippen molar-refractivity contribution in [3.8, 4) is 0 Å². The first-order valence-corrected chi connectivity index (χ1v) is 28.8. The maximum Gasteiger partial charge on any atom is 0.519 e. The van der Waals surface area contributed by atoms with Crippen LogP contribution in [0.4, 0.5) is 34.6 Å². The summed E-state index contributed by atoms with van der Waals surface area (Å²) in [5.41, 5.74) is 6.46. The van der Waals surface area contributed by atoms with Crippen molar-refractivity contribution < 1.29 is 62.4 Å². The highest BCUT2D eigenvalue weighted by Crippen LogP contribution is 2.46. The zero-order chi connectivity index (χ0) is 56.4. The summed E-state index contributed by atoms with van der Waals surface area (Å²) in [7, 11) is 0. The predicted octanol–water partition coefficient (Wildman–Crippen LogP) is 15.0. The molecule has 0 atom stereocenters. The van der Waals surface area contributed by atoms with Crippen LogP contribution < -0.4 is 16.4 Å². The number of rotatable bonds is 8. The van der Waals surface area contributed by atoms with Gasteiger partial charge in [-0.15, -0.1) is 22.7 Å². The third-order valence-electron chi connectivity index (χ3n) is 9.10. The molecule has 75 heavy (non-hydrogen) atoms. The van der Waals surface area contributed by atoms with E-state index < -0.39 is 52.9 Å². The summed E-state index contributed by atoms with van der Waals surface area (Å²) in [6, 6.07) is 0. The number of aromatic nitrogens is 3. The van der Waals surface area contributed by atoms with Gasteiger partial charge >= 0.3 is 24.5 Å². The Morgan fingerprint density at radius 3 is 1.31 bits per heavy atom. The monoisotopic (exact) mass is 1240 g/mol. The first-order chi connectivity index (χ1) is 34.0. The van der Waals surface area contributed by atoms with Crippen molar-refractivity contribution in [2.75, 3.05) is 21.7 Å². The molecule has 3 aromatic heterocycles. The van der Waals surface area contributed by atoms with E-state index in [-0.39, 0.29) is 7.43 Å². The minimum Gasteiger partial charge on any atom is -0.481 e. The number of alkyl halides is 1. The van der Waals surface area contributed by atoms with Crippen LogP contribution in [0, 0.1) is 11.8 Å². The number of ether oxygens (including phenoxy) is 5. The van der Waals surface area contributed by atoms with Crippen molar-refractivity contribution in [3.05, 3.63) is 31.6 Å². The third-order valence-corrected chi connectivity index (χ3v) is 12.8. The number of Topliss-reactive ketones (excluding diaryl/α,β-unsaturated/α-hetero) is 2. The second-order valence-electron chi connectivity index (χ2n) is 21.8. The van der Waals surface area contributed by atoms with Crippen molar-refractivity contribution in [2.24, 2.45) is 11.8 Å². The van der Waals surface area contributed by atoms with E-state index in [1.54, 1.807) is 48.5 Å². The lowest BCUT2D eigenvalue weighted by molar-refractivity contribution is -0.134. The molecule has 424 valence electrons. The molecular formula is C51H80Br2N6O13S3. The number of nitrogens with two attached hydrogens (primary N) is 1. The molecule has 19 nitrogen and oxygen atoms in total. The number of carbonyl (C=O) groups excluding carboxylic acids is 6. The summed E-state index contributed by atoms with van der Waals surface area (Å²) in [5, 5.41) is 19.3. The predicted molar refractivity (Wildman–Crippen MR) is 303 cm³/mol. The Kier molecular flexibility index (Phi) is 28.6. The van der Waals surface area contributed by atoms with Crippen molar-refractivity contribution in [2.45, 2.75) is 209 Å². The molecule has 0 saturated heterocycles. The van der Waals surface area contributed by atoms with Gasteiger partial charge in [-0.1, -0.05) is 34.7 Å². The molecule has 24 heteroatoms. The highest BCUT2D eigenvalue weighted by atomic mass is 79.9. The number of ketones is 2. The first kappa shape index (κ1) is 68.8. The van der Waals surface area contributed by atoms with E-state index in [2.05, 4.69) is 67.6 Å². The average molecular weight is 1240 g/mol. The Balaban J connectivity index is 0.000000456. The number of nitrogens with zero attached hydrogens (tertiary/aromatic N) is 3. The first-order valence-electron chi connectivity index (χ1n) is 24.3. The number of anilines is 3. The quantitative estimate of drug-likeness (QED) is 0.0706. The number of nitrogens with one attached hydrogen (secondary N) is 2.